The zero-order chi connectivity index (χ0) is 14.5. The van der Waals surface area contributed by atoms with E-state index >= 15 is 0 Å². The molecule has 0 spiro atoms. The molecule has 5 nitrogen and oxygen atoms in total. The third kappa shape index (κ3) is 3.50. The van der Waals surface area contributed by atoms with Gasteiger partial charge in [-0.3, -0.25) is 4.79 Å². The van der Waals surface area contributed by atoms with Gasteiger partial charge in [0.25, 0.3) is 5.91 Å². The Bertz CT molecular complexity index is 465. The van der Waals surface area contributed by atoms with Gasteiger partial charge in [-0.1, -0.05) is 18.2 Å². The fourth-order valence-corrected chi connectivity index (χ4v) is 2.36. The Morgan fingerprint density at radius 2 is 1.75 bits per heavy atom. The van der Waals surface area contributed by atoms with E-state index in [0.29, 0.717) is 18.7 Å². The van der Waals surface area contributed by atoms with Crippen LogP contribution < -0.4 is 5.32 Å². The molecule has 0 bridgehead atoms. The Kier molecular flexibility index (Phi) is 4.61. The Labute approximate surface area is 119 Å². The topological polar surface area (TPSA) is 52.7 Å². The molecule has 0 unspecified atom stereocenters. The minimum atomic E-state index is -0.0389. The van der Waals surface area contributed by atoms with Crippen LogP contribution in [0.15, 0.2) is 30.3 Å². The number of carbonyl (C=O) groups excluding carboxylic acids is 2. The van der Waals surface area contributed by atoms with Crippen LogP contribution in [-0.2, 0) is 0 Å². The molecule has 1 aromatic rings. The number of hydrogen-bond donors (Lipinski definition) is 1. The fraction of sp³-hybridized carbons (Fsp3) is 0.467. The molecule has 1 aromatic carbocycles. The van der Waals surface area contributed by atoms with E-state index in [9.17, 15) is 9.59 Å². The minimum absolute atomic E-state index is 0.0389. The summed E-state index contributed by atoms with van der Waals surface area (Å²) in [6.45, 7) is 1.38. The van der Waals surface area contributed by atoms with Gasteiger partial charge in [0, 0.05) is 38.8 Å². The van der Waals surface area contributed by atoms with Crippen LogP contribution in [0.5, 0.6) is 0 Å². The van der Waals surface area contributed by atoms with Gasteiger partial charge in [-0.2, -0.15) is 0 Å². The second-order valence-corrected chi connectivity index (χ2v) is 5.28. The Morgan fingerprint density at radius 1 is 1.15 bits per heavy atom. The number of carbonyl (C=O) groups is 2. The molecule has 1 saturated heterocycles. The number of piperidine rings is 1. The molecule has 1 heterocycles. The molecule has 0 aromatic heterocycles. The summed E-state index contributed by atoms with van der Waals surface area (Å²) in [5, 5.41) is 3.03. The van der Waals surface area contributed by atoms with Gasteiger partial charge in [-0.15, -0.1) is 0 Å². The summed E-state index contributed by atoms with van der Waals surface area (Å²) in [5.74, 6) is -0.0389. The van der Waals surface area contributed by atoms with E-state index in [1.165, 1.54) is 0 Å². The first-order valence-electron chi connectivity index (χ1n) is 6.90. The molecule has 0 aliphatic carbocycles. The van der Waals surface area contributed by atoms with Crippen molar-refractivity contribution in [2.24, 2.45) is 0 Å². The predicted molar refractivity (Wildman–Crippen MR) is 77.6 cm³/mol. The number of amides is 3. The monoisotopic (exact) mass is 275 g/mol. The summed E-state index contributed by atoms with van der Waals surface area (Å²) in [6.07, 6.45) is 1.61. The van der Waals surface area contributed by atoms with Crippen molar-refractivity contribution in [3.05, 3.63) is 35.9 Å². The minimum Gasteiger partial charge on any atom is -0.349 e. The van der Waals surface area contributed by atoms with Gasteiger partial charge >= 0.3 is 6.03 Å². The lowest BCUT2D eigenvalue weighted by atomic mass is 10.0. The first kappa shape index (κ1) is 14.4. The molecule has 2 rings (SSSR count). The number of urea groups is 1. The van der Waals surface area contributed by atoms with E-state index < -0.39 is 0 Å². The number of hydrogen-bond acceptors (Lipinski definition) is 2. The maximum atomic E-state index is 12.0. The van der Waals surface area contributed by atoms with Crippen molar-refractivity contribution in [3.63, 3.8) is 0 Å². The van der Waals surface area contributed by atoms with E-state index in [1.54, 1.807) is 31.1 Å². The van der Waals surface area contributed by atoms with Crippen molar-refractivity contribution in [2.75, 3.05) is 27.2 Å². The van der Waals surface area contributed by atoms with E-state index in [0.717, 1.165) is 12.8 Å². The molecular formula is C15H21N3O2. The van der Waals surface area contributed by atoms with Gasteiger partial charge in [0.15, 0.2) is 0 Å². The molecule has 1 aliphatic rings. The van der Waals surface area contributed by atoms with E-state index in [4.69, 9.17) is 0 Å². The van der Waals surface area contributed by atoms with E-state index in [-0.39, 0.29) is 18.0 Å². The van der Waals surface area contributed by atoms with Crippen LogP contribution in [0.2, 0.25) is 0 Å². The Morgan fingerprint density at radius 3 is 2.30 bits per heavy atom. The van der Waals surface area contributed by atoms with Gasteiger partial charge in [0.05, 0.1) is 0 Å². The maximum Gasteiger partial charge on any atom is 0.319 e. The summed E-state index contributed by atoms with van der Waals surface area (Å²) in [6, 6.07) is 9.40. The van der Waals surface area contributed by atoms with Gasteiger partial charge in [-0.05, 0) is 25.0 Å². The van der Waals surface area contributed by atoms with Crippen molar-refractivity contribution in [1.82, 2.24) is 15.1 Å². The summed E-state index contributed by atoms with van der Waals surface area (Å²) < 4.78 is 0. The number of likely N-dealkylation sites (tertiary alicyclic amines) is 1. The van der Waals surface area contributed by atoms with Crippen molar-refractivity contribution < 1.29 is 9.59 Å². The average molecular weight is 275 g/mol. The van der Waals surface area contributed by atoms with Crippen LogP contribution in [0.3, 0.4) is 0 Å². The van der Waals surface area contributed by atoms with Crippen LogP contribution in [0.25, 0.3) is 0 Å². The molecule has 108 valence electrons. The fourth-order valence-electron chi connectivity index (χ4n) is 2.36. The van der Waals surface area contributed by atoms with Gasteiger partial charge in [-0.25, -0.2) is 4.79 Å². The molecule has 0 radical (unpaired) electrons. The van der Waals surface area contributed by atoms with Gasteiger partial charge < -0.3 is 15.1 Å². The van der Waals surface area contributed by atoms with Crippen LogP contribution in [0.4, 0.5) is 4.79 Å². The summed E-state index contributed by atoms with van der Waals surface area (Å²) >= 11 is 0. The highest BCUT2D eigenvalue weighted by Crippen LogP contribution is 2.12. The number of benzene rings is 1. The number of rotatable bonds is 2. The lowest BCUT2D eigenvalue weighted by Crippen LogP contribution is -2.49. The van der Waals surface area contributed by atoms with Crippen LogP contribution >= 0.6 is 0 Å². The van der Waals surface area contributed by atoms with Crippen molar-refractivity contribution in [1.29, 1.82) is 0 Å². The van der Waals surface area contributed by atoms with Crippen molar-refractivity contribution >= 4 is 11.9 Å². The summed E-state index contributed by atoms with van der Waals surface area (Å²) in [4.78, 5) is 27.3. The zero-order valence-corrected chi connectivity index (χ0v) is 12.0. The summed E-state index contributed by atoms with van der Waals surface area (Å²) in [7, 11) is 3.51. The SMILES string of the molecule is CN(C)C(=O)N1CCC(NC(=O)c2ccccc2)CC1. The van der Waals surface area contributed by atoms with Gasteiger partial charge in [0.2, 0.25) is 0 Å². The molecular weight excluding hydrogens is 254 g/mol. The predicted octanol–water partition coefficient (Wildman–Crippen LogP) is 1.56. The Hall–Kier alpha value is -2.04. The third-order valence-electron chi connectivity index (χ3n) is 3.52. The molecule has 3 amide bonds. The lowest BCUT2D eigenvalue weighted by molar-refractivity contribution is 0.0914. The van der Waals surface area contributed by atoms with Crippen molar-refractivity contribution in [3.8, 4) is 0 Å². The molecule has 5 heteroatoms. The second kappa shape index (κ2) is 6.41. The van der Waals surface area contributed by atoms with Gasteiger partial charge in [0.1, 0.15) is 0 Å². The van der Waals surface area contributed by atoms with Crippen molar-refractivity contribution in [2.45, 2.75) is 18.9 Å². The largest absolute Gasteiger partial charge is 0.349 e. The number of nitrogens with zero attached hydrogens (tertiary/aromatic N) is 2. The molecule has 0 atom stereocenters. The first-order chi connectivity index (χ1) is 9.58. The highest BCUT2D eigenvalue weighted by Gasteiger charge is 2.24. The third-order valence-corrected chi connectivity index (χ3v) is 3.52. The van der Waals surface area contributed by atoms with Crippen LogP contribution in [0.1, 0.15) is 23.2 Å². The molecule has 1 fully saturated rings. The first-order valence-corrected chi connectivity index (χ1v) is 6.90. The molecule has 20 heavy (non-hydrogen) atoms. The highest BCUT2D eigenvalue weighted by atomic mass is 16.2. The standard InChI is InChI=1S/C15H21N3O2/c1-17(2)15(20)18-10-8-13(9-11-18)16-14(19)12-6-4-3-5-7-12/h3-7,13H,8-11H2,1-2H3,(H,16,19). The van der Waals surface area contributed by atoms with Crippen LogP contribution in [0, 0.1) is 0 Å². The molecule has 1 N–H and O–H groups in total. The normalized spacial score (nSPS) is 15.8. The quantitative estimate of drug-likeness (QED) is 0.890. The maximum absolute atomic E-state index is 12.0. The second-order valence-electron chi connectivity index (χ2n) is 5.28. The lowest BCUT2D eigenvalue weighted by Gasteiger charge is -2.33. The Balaban J connectivity index is 1.83. The number of nitrogens with one attached hydrogen (secondary N) is 1. The zero-order valence-electron chi connectivity index (χ0n) is 12.0. The summed E-state index contributed by atoms with van der Waals surface area (Å²) in [5.41, 5.74) is 0.680. The van der Waals surface area contributed by atoms with Crippen LogP contribution in [-0.4, -0.2) is 55.0 Å². The molecule has 1 aliphatic heterocycles. The smallest absolute Gasteiger partial charge is 0.319 e. The van der Waals surface area contributed by atoms with E-state index in [2.05, 4.69) is 5.32 Å². The molecule has 0 saturated carbocycles. The average Bonchev–Trinajstić information content (AvgIpc) is 2.48. The van der Waals surface area contributed by atoms with E-state index in [1.807, 2.05) is 23.1 Å². The highest BCUT2D eigenvalue weighted by molar-refractivity contribution is 5.94.